The molecule has 0 aliphatic carbocycles. The minimum atomic E-state index is -5.03. The molecule has 0 aliphatic heterocycles. The van der Waals surface area contributed by atoms with Crippen molar-refractivity contribution in [2.24, 2.45) is 0 Å². The zero-order valence-electron chi connectivity index (χ0n) is 23.5. The van der Waals surface area contributed by atoms with E-state index in [2.05, 4.69) is 19.5 Å². The van der Waals surface area contributed by atoms with Gasteiger partial charge in [0.05, 0.1) is 0 Å². The van der Waals surface area contributed by atoms with Gasteiger partial charge in [0.2, 0.25) is 0 Å². The molecule has 0 amide bonds. The monoisotopic (exact) mass is 661 g/mol. The fraction of sp³-hybridized carbons (Fsp3) is 0.250. The lowest BCUT2D eigenvalue weighted by Gasteiger charge is -2.36. The third-order valence-electron chi connectivity index (χ3n) is 6.75. The smallest absolute Gasteiger partial charge is 0.428 e. The summed E-state index contributed by atoms with van der Waals surface area (Å²) in [5, 5.41) is 3.09. The Morgan fingerprint density at radius 3 is 1.52 bits per heavy atom. The molecular formula is C32H25F10NO3. The van der Waals surface area contributed by atoms with E-state index in [0.29, 0.717) is 11.1 Å². The molecule has 1 N–H and O–H groups in total. The average molecular weight is 662 g/mol. The number of hydrogen-bond acceptors (Lipinski definition) is 4. The van der Waals surface area contributed by atoms with Gasteiger partial charge in [0.1, 0.15) is 17.2 Å². The number of ether oxygens (including phenoxy) is 3. The van der Waals surface area contributed by atoms with E-state index in [4.69, 9.17) is 0 Å². The molecule has 4 aromatic carbocycles. The SMILES string of the molecule is FC(F)C(F)(F)Oc1cccc(CNCC(Cc2ccccc2)(c2cccc(OC(F)(F)F)c2)c2cccc(OC(F)(F)F)c2)c1. The minimum absolute atomic E-state index is 0.0511. The first kappa shape index (κ1) is 34.4. The Morgan fingerprint density at radius 2 is 1.02 bits per heavy atom. The molecule has 0 atom stereocenters. The van der Waals surface area contributed by atoms with Crippen LogP contribution in [0.25, 0.3) is 0 Å². The normalized spacial score (nSPS) is 12.7. The van der Waals surface area contributed by atoms with Crippen molar-refractivity contribution in [2.75, 3.05) is 6.54 Å². The van der Waals surface area contributed by atoms with E-state index in [1.54, 1.807) is 30.3 Å². The van der Waals surface area contributed by atoms with E-state index in [0.717, 1.165) is 36.4 Å². The van der Waals surface area contributed by atoms with Gasteiger partial charge < -0.3 is 19.5 Å². The van der Waals surface area contributed by atoms with Crippen LogP contribution in [-0.4, -0.2) is 31.8 Å². The van der Waals surface area contributed by atoms with Crippen LogP contribution in [0.1, 0.15) is 22.3 Å². The summed E-state index contributed by atoms with van der Waals surface area (Å²) >= 11 is 0. The number of alkyl halides is 10. The maximum Gasteiger partial charge on any atom is 0.573 e. The summed E-state index contributed by atoms with van der Waals surface area (Å²) in [6, 6.07) is 23.5. The minimum Gasteiger partial charge on any atom is -0.428 e. The van der Waals surface area contributed by atoms with E-state index < -0.39 is 47.9 Å². The van der Waals surface area contributed by atoms with E-state index in [9.17, 15) is 43.9 Å². The molecule has 0 saturated heterocycles. The van der Waals surface area contributed by atoms with Crippen LogP contribution in [0.4, 0.5) is 43.9 Å². The van der Waals surface area contributed by atoms with Gasteiger partial charge in [-0.2, -0.15) is 17.6 Å². The van der Waals surface area contributed by atoms with Crippen molar-refractivity contribution in [1.82, 2.24) is 5.32 Å². The molecule has 4 rings (SSSR count). The van der Waals surface area contributed by atoms with Gasteiger partial charge in [-0.3, -0.25) is 0 Å². The molecule has 14 heteroatoms. The first-order valence-electron chi connectivity index (χ1n) is 13.5. The molecule has 0 heterocycles. The maximum absolute atomic E-state index is 13.5. The second kappa shape index (κ2) is 13.9. The van der Waals surface area contributed by atoms with E-state index in [1.165, 1.54) is 36.4 Å². The van der Waals surface area contributed by atoms with Gasteiger partial charge in [-0.05, 0) is 65.1 Å². The Balaban J connectivity index is 1.78. The second-order valence-electron chi connectivity index (χ2n) is 10.1. The van der Waals surface area contributed by atoms with Crippen molar-refractivity contribution in [3.8, 4) is 17.2 Å². The molecule has 246 valence electrons. The summed E-state index contributed by atoms with van der Waals surface area (Å²) in [5.41, 5.74) is 0.0400. The lowest BCUT2D eigenvalue weighted by molar-refractivity contribution is -0.275. The molecule has 0 bridgehead atoms. The fourth-order valence-electron chi connectivity index (χ4n) is 4.90. The van der Waals surface area contributed by atoms with Crippen LogP contribution in [0.15, 0.2) is 103 Å². The van der Waals surface area contributed by atoms with Crippen molar-refractivity contribution in [1.29, 1.82) is 0 Å². The van der Waals surface area contributed by atoms with E-state index >= 15 is 0 Å². The molecule has 0 aromatic heterocycles. The topological polar surface area (TPSA) is 39.7 Å². The van der Waals surface area contributed by atoms with Crippen molar-refractivity contribution >= 4 is 0 Å². The Bertz CT molecular complexity index is 1520. The lowest BCUT2D eigenvalue weighted by atomic mass is 9.70. The molecule has 0 radical (unpaired) electrons. The molecule has 46 heavy (non-hydrogen) atoms. The third-order valence-corrected chi connectivity index (χ3v) is 6.75. The van der Waals surface area contributed by atoms with Crippen LogP contribution in [0.5, 0.6) is 17.2 Å². The van der Waals surface area contributed by atoms with Crippen LogP contribution in [-0.2, 0) is 18.4 Å². The van der Waals surface area contributed by atoms with Crippen LogP contribution in [0.2, 0.25) is 0 Å². The Morgan fingerprint density at radius 1 is 0.543 bits per heavy atom. The summed E-state index contributed by atoms with van der Waals surface area (Å²) < 4.78 is 144. The number of halogens is 10. The highest BCUT2D eigenvalue weighted by Gasteiger charge is 2.44. The first-order valence-corrected chi connectivity index (χ1v) is 13.5. The summed E-state index contributed by atoms with van der Waals surface area (Å²) in [6.45, 7) is -0.226. The fourth-order valence-corrected chi connectivity index (χ4v) is 4.90. The third kappa shape index (κ3) is 9.52. The van der Waals surface area contributed by atoms with Crippen LogP contribution >= 0.6 is 0 Å². The first-order chi connectivity index (χ1) is 21.5. The second-order valence-corrected chi connectivity index (χ2v) is 10.1. The van der Waals surface area contributed by atoms with Crippen LogP contribution in [0, 0.1) is 0 Å². The van der Waals surface area contributed by atoms with Gasteiger partial charge in [0, 0.05) is 18.5 Å². The molecule has 0 fully saturated rings. The summed E-state index contributed by atoms with van der Waals surface area (Å²) in [5.74, 6) is -1.70. The van der Waals surface area contributed by atoms with Crippen molar-refractivity contribution < 1.29 is 58.1 Å². The molecule has 4 aromatic rings. The standard InChI is InChI=1S/C32H25F10NO3/c33-28(34)30(35,36)44-25-12-4-9-22(15-25)19-43-20-29(18-21-7-2-1-3-8-21,23-10-5-13-26(16-23)45-31(37,38)39)24-11-6-14-27(17-24)46-32(40,41)42/h1-17,28,43H,18-20H2. The van der Waals surface area contributed by atoms with Gasteiger partial charge in [0.25, 0.3) is 0 Å². The molecule has 0 spiro atoms. The van der Waals surface area contributed by atoms with Gasteiger partial charge in [-0.15, -0.1) is 26.3 Å². The highest BCUT2D eigenvalue weighted by molar-refractivity contribution is 5.47. The summed E-state index contributed by atoms with van der Waals surface area (Å²) in [4.78, 5) is 0. The summed E-state index contributed by atoms with van der Waals surface area (Å²) in [6.07, 6.45) is -18.8. The predicted octanol–water partition coefficient (Wildman–Crippen LogP) is 9.04. The highest BCUT2D eigenvalue weighted by Crippen LogP contribution is 2.40. The highest BCUT2D eigenvalue weighted by atomic mass is 19.4. The van der Waals surface area contributed by atoms with E-state index in [-0.39, 0.29) is 30.6 Å². The Hall–Kier alpha value is -4.46. The molecule has 0 saturated carbocycles. The van der Waals surface area contributed by atoms with Gasteiger partial charge in [0.15, 0.2) is 0 Å². The molecule has 4 nitrogen and oxygen atoms in total. The average Bonchev–Trinajstić information content (AvgIpc) is 2.95. The maximum atomic E-state index is 13.5. The Kier molecular flexibility index (Phi) is 10.4. The van der Waals surface area contributed by atoms with Gasteiger partial charge in [-0.25, -0.2) is 0 Å². The van der Waals surface area contributed by atoms with Gasteiger partial charge >= 0.3 is 25.3 Å². The van der Waals surface area contributed by atoms with Gasteiger partial charge in [-0.1, -0.05) is 66.7 Å². The van der Waals surface area contributed by atoms with Crippen LogP contribution in [0.3, 0.4) is 0 Å². The van der Waals surface area contributed by atoms with Crippen molar-refractivity contribution in [2.45, 2.75) is 43.6 Å². The number of nitrogens with one attached hydrogen (secondary N) is 1. The number of hydrogen-bond donors (Lipinski definition) is 1. The zero-order valence-corrected chi connectivity index (χ0v) is 23.5. The van der Waals surface area contributed by atoms with E-state index in [1.807, 2.05) is 0 Å². The van der Waals surface area contributed by atoms with Crippen molar-refractivity contribution in [3.05, 3.63) is 125 Å². The zero-order chi connectivity index (χ0) is 33.6. The van der Waals surface area contributed by atoms with Crippen LogP contribution < -0.4 is 19.5 Å². The quantitative estimate of drug-likeness (QED) is 0.145. The largest absolute Gasteiger partial charge is 0.573 e. The predicted molar refractivity (Wildman–Crippen MR) is 147 cm³/mol. The molecule has 0 aliphatic rings. The lowest BCUT2D eigenvalue weighted by Crippen LogP contribution is -2.41. The molecule has 0 unspecified atom stereocenters. The summed E-state index contributed by atoms with van der Waals surface area (Å²) in [7, 11) is 0. The Labute approximate surface area is 256 Å². The van der Waals surface area contributed by atoms with Crippen molar-refractivity contribution in [3.63, 3.8) is 0 Å². The molecular weight excluding hydrogens is 636 g/mol. The number of rotatable bonds is 13. The number of benzene rings is 4.